The van der Waals surface area contributed by atoms with Gasteiger partial charge in [0.1, 0.15) is 6.61 Å². The van der Waals surface area contributed by atoms with Gasteiger partial charge in [0.2, 0.25) is 5.91 Å². The summed E-state index contributed by atoms with van der Waals surface area (Å²) in [5.41, 5.74) is 3.26. The number of imidazole rings is 1. The minimum atomic E-state index is -0.110. The standard InChI is InChI=1S/C20H21N3O2/c24-20(15-25-12-9-17-5-2-1-3-6-17)22-14-18-7-4-8-19(13-18)23-11-10-21-16-23/h1-8,10-11,13,16H,9,12,14-15H2,(H,22,24). The van der Waals surface area contributed by atoms with Crippen molar-refractivity contribution >= 4 is 5.91 Å². The molecular weight excluding hydrogens is 314 g/mol. The molecular formula is C20H21N3O2. The molecule has 3 rings (SSSR count). The van der Waals surface area contributed by atoms with Crippen molar-refractivity contribution in [2.45, 2.75) is 13.0 Å². The van der Waals surface area contributed by atoms with E-state index in [9.17, 15) is 4.79 Å². The van der Waals surface area contributed by atoms with Gasteiger partial charge < -0.3 is 14.6 Å². The van der Waals surface area contributed by atoms with Crippen LogP contribution in [-0.4, -0.2) is 28.7 Å². The van der Waals surface area contributed by atoms with Gasteiger partial charge in [-0.15, -0.1) is 0 Å². The van der Waals surface area contributed by atoms with Gasteiger partial charge in [-0.05, 0) is 29.7 Å². The lowest BCUT2D eigenvalue weighted by Gasteiger charge is -2.08. The third kappa shape index (κ3) is 5.29. The molecule has 0 unspecified atom stereocenters. The fraction of sp³-hybridized carbons (Fsp3) is 0.200. The number of hydrogen-bond donors (Lipinski definition) is 1. The summed E-state index contributed by atoms with van der Waals surface area (Å²) in [7, 11) is 0. The highest BCUT2D eigenvalue weighted by molar-refractivity contribution is 5.77. The van der Waals surface area contributed by atoms with E-state index < -0.39 is 0 Å². The number of carbonyl (C=O) groups is 1. The molecule has 0 aliphatic heterocycles. The fourth-order valence-electron chi connectivity index (χ4n) is 2.49. The third-order valence-corrected chi connectivity index (χ3v) is 3.81. The molecule has 0 aliphatic rings. The van der Waals surface area contributed by atoms with E-state index in [-0.39, 0.29) is 12.5 Å². The second kappa shape index (κ2) is 8.80. The van der Waals surface area contributed by atoms with Gasteiger partial charge in [0.25, 0.3) is 0 Å². The maximum absolute atomic E-state index is 11.9. The molecule has 0 bridgehead atoms. The summed E-state index contributed by atoms with van der Waals surface area (Å²) in [6.45, 7) is 1.09. The van der Waals surface area contributed by atoms with Gasteiger partial charge in [0.15, 0.2) is 0 Å². The van der Waals surface area contributed by atoms with E-state index in [4.69, 9.17) is 4.74 Å². The van der Waals surface area contributed by atoms with Crippen LogP contribution in [0, 0.1) is 0 Å². The minimum absolute atomic E-state index is 0.0774. The van der Waals surface area contributed by atoms with Crippen molar-refractivity contribution in [2.75, 3.05) is 13.2 Å². The van der Waals surface area contributed by atoms with E-state index in [1.165, 1.54) is 5.56 Å². The Labute approximate surface area is 147 Å². The first-order valence-corrected chi connectivity index (χ1v) is 8.27. The second-order valence-electron chi connectivity index (χ2n) is 5.70. The molecule has 2 aromatic carbocycles. The summed E-state index contributed by atoms with van der Waals surface area (Å²) >= 11 is 0. The Bertz CT molecular complexity index is 786. The van der Waals surface area contributed by atoms with E-state index in [0.717, 1.165) is 17.7 Å². The molecule has 3 aromatic rings. The molecule has 0 fully saturated rings. The summed E-state index contributed by atoms with van der Waals surface area (Å²) in [4.78, 5) is 15.9. The molecule has 0 spiro atoms. The van der Waals surface area contributed by atoms with Crippen LogP contribution >= 0.6 is 0 Å². The number of amides is 1. The molecule has 0 saturated carbocycles. The van der Waals surface area contributed by atoms with Crippen molar-refractivity contribution < 1.29 is 9.53 Å². The number of benzene rings is 2. The summed E-state index contributed by atoms with van der Waals surface area (Å²) < 4.78 is 7.37. The van der Waals surface area contributed by atoms with Gasteiger partial charge in [-0.3, -0.25) is 4.79 Å². The van der Waals surface area contributed by atoms with Crippen molar-refractivity contribution in [3.8, 4) is 5.69 Å². The zero-order chi connectivity index (χ0) is 17.3. The monoisotopic (exact) mass is 335 g/mol. The van der Waals surface area contributed by atoms with Crippen molar-refractivity contribution in [3.63, 3.8) is 0 Å². The minimum Gasteiger partial charge on any atom is -0.371 e. The van der Waals surface area contributed by atoms with Gasteiger partial charge in [-0.2, -0.15) is 0 Å². The van der Waals surface area contributed by atoms with Crippen LogP contribution in [0.3, 0.4) is 0 Å². The molecule has 25 heavy (non-hydrogen) atoms. The first kappa shape index (κ1) is 16.9. The number of rotatable bonds is 8. The summed E-state index contributed by atoms with van der Waals surface area (Å²) in [5, 5.41) is 2.88. The van der Waals surface area contributed by atoms with Gasteiger partial charge in [0, 0.05) is 24.6 Å². The average Bonchev–Trinajstić information content (AvgIpc) is 3.19. The Balaban J connectivity index is 1.39. The fourth-order valence-corrected chi connectivity index (χ4v) is 2.49. The van der Waals surface area contributed by atoms with Crippen LogP contribution in [0.2, 0.25) is 0 Å². The van der Waals surface area contributed by atoms with Crippen molar-refractivity contribution in [1.82, 2.24) is 14.9 Å². The molecule has 1 heterocycles. The number of aromatic nitrogens is 2. The highest BCUT2D eigenvalue weighted by Gasteiger charge is 2.03. The van der Waals surface area contributed by atoms with Crippen molar-refractivity contribution in [1.29, 1.82) is 0 Å². The normalized spacial score (nSPS) is 10.6. The molecule has 0 saturated heterocycles. The van der Waals surface area contributed by atoms with Crippen LogP contribution in [0.4, 0.5) is 0 Å². The Morgan fingerprint density at radius 1 is 1.08 bits per heavy atom. The highest BCUT2D eigenvalue weighted by Crippen LogP contribution is 2.10. The number of hydrogen-bond acceptors (Lipinski definition) is 3. The summed E-state index contributed by atoms with van der Waals surface area (Å²) in [5.74, 6) is -0.110. The number of nitrogens with zero attached hydrogens (tertiary/aromatic N) is 2. The molecule has 128 valence electrons. The predicted molar refractivity (Wildman–Crippen MR) is 96.4 cm³/mol. The summed E-state index contributed by atoms with van der Waals surface area (Å²) in [6, 6.07) is 18.1. The zero-order valence-corrected chi connectivity index (χ0v) is 14.0. The van der Waals surface area contributed by atoms with Crippen molar-refractivity contribution in [2.24, 2.45) is 0 Å². The summed E-state index contributed by atoms with van der Waals surface area (Å²) in [6.07, 6.45) is 6.18. The van der Waals surface area contributed by atoms with Gasteiger partial charge in [0.05, 0.1) is 12.9 Å². The topological polar surface area (TPSA) is 56.1 Å². The Morgan fingerprint density at radius 3 is 2.72 bits per heavy atom. The van der Waals surface area contributed by atoms with Crippen LogP contribution in [0.25, 0.3) is 5.69 Å². The molecule has 1 amide bonds. The van der Waals surface area contributed by atoms with Crippen molar-refractivity contribution in [3.05, 3.63) is 84.4 Å². The van der Waals surface area contributed by atoms with Gasteiger partial charge in [-0.25, -0.2) is 4.98 Å². The highest BCUT2D eigenvalue weighted by atomic mass is 16.5. The SMILES string of the molecule is O=C(COCCc1ccccc1)NCc1cccc(-n2ccnc2)c1. The van der Waals surface area contributed by atoms with E-state index >= 15 is 0 Å². The molecule has 5 heteroatoms. The zero-order valence-electron chi connectivity index (χ0n) is 14.0. The van der Waals surface area contributed by atoms with Gasteiger partial charge >= 0.3 is 0 Å². The molecule has 5 nitrogen and oxygen atoms in total. The Morgan fingerprint density at radius 2 is 1.92 bits per heavy atom. The van der Waals surface area contributed by atoms with Crippen LogP contribution < -0.4 is 5.32 Å². The Hall–Kier alpha value is -2.92. The smallest absolute Gasteiger partial charge is 0.246 e. The van der Waals surface area contributed by atoms with E-state index in [1.807, 2.05) is 53.2 Å². The second-order valence-corrected chi connectivity index (χ2v) is 5.70. The van der Waals surface area contributed by atoms with Crippen LogP contribution in [0.1, 0.15) is 11.1 Å². The van der Waals surface area contributed by atoms with Crippen LogP contribution in [0.5, 0.6) is 0 Å². The van der Waals surface area contributed by atoms with E-state index in [1.54, 1.807) is 12.5 Å². The van der Waals surface area contributed by atoms with E-state index in [2.05, 4.69) is 22.4 Å². The number of nitrogens with one attached hydrogen (secondary N) is 1. The van der Waals surface area contributed by atoms with Gasteiger partial charge in [-0.1, -0.05) is 42.5 Å². The Kier molecular flexibility index (Phi) is 5.96. The van der Waals surface area contributed by atoms with E-state index in [0.29, 0.717) is 13.2 Å². The molecule has 0 atom stereocenters. The number of carbonyl (C=O) groups excluding carboxylic acids is 1. The first-order chi connectivity index (χ1) is 12.3. The molecule has 1 aromatic heterocycles. The lowest BCUT2D eigenvalue weighted by atomic mass is 10.2. The predicted octanol–water partition coefficient (Wildman–Crippen LogP) is 2.75. The largest absolute Gasteiger partial charge is 0.371 e. The average molecular weight is 335 g/mol. The third-order valence-electron chi connectivity index (χ3n) is 3.81. The first-order valence-electron chi connectivity index (χ1n) is 8.27. The lowest BCUT2D eigenvalue weighted by molar-refractivity contribution is -0.125. The number of ether oxygens (including phenoxy) is 1. The quantitative estimate of drug-likeness (QED) is 0.644. The van der Waals surface area contributed by atoms with Crippen LogP contribution in [-0.2, 0) is 22.5 Å². The molecule has 0 aliphatic carbocycles. The maximum atomic E-state index is 11.9. The lowest BCUT2D eigenvalue weighted by Crippen LogP contribution is -2.27. The molecule has 1 N–H and O–H groups in total. The van der Waals surface area contributed by atoms with Crippen LogP contribution in [0.15, 0.2) is 73.3 Å². The molecule has 0 radical (unpaired) electrons. The maximum Gasteiger partial charge on any atom is 0.246 e.